The van der Waals surface area contributed by atoms with Crippen LogP contribution in [0.5, 0.6) is 5.75 Å². The number of hydrogen-bond donors (Lipinski definition) is 2. The third-order valence-corrected chi connectivity index (χ3v) is 4.15. The van der Waals surface area contributed by atoms with Crippen molar-refractivity contribution in [2.75, 3.05) is 13.7 Å². The fourth-order valence-corrected chi connectivity index (χ4v) is 2.45. The van der Waals surface area contributed by atoms with Crippen molar-refractivity contribution in [1.29, 1.82) is 0 Å². The van der Waals surface area contributed by atoms with Gasteiger partial charge in [-0.2, -0.15) is 0 Å². The number of hydrogen-bond acceptors (Lipinski definition) is 5. The van der Waals surface area contributed by atoms with Gasteiger partial charge in [0.25, 0.3) is 11.8 Å². The van der Waals surface area contributed by atoms with Gasteiger partial charge in [-0.3, -0.25) is 14.4 Å². The predicted molar refractivity (Wildman–Crippen MR) is 104 cm³/mol. The van der Waals surface area contributed by atoms with Crippen LogP contribution in [-0.2, 0) is 14.3 Å². The van der Waals surface area contributed by atoms with Crippen molar-refractivity contribution in [3.63, 3.8) is 0 Å². The minimum atomic E-state index is -1.05. The van der Waals surface area contributed by atoms with Crippen LogP contribution in [-0.4, -0.2) is 37.5 Å². The first kappa shape index (κ1) is 21.9. The molecule has 2 aromatic rings. The summed E-state index contributed by atoms with van der Waals surface area (Å²) in [7, 11) is 1.52. The summed E-state index contributed by atoms with van der Waals surface area (Å²) in [4.78, 5) is 36.1. The van der Waals surface area contributed by atoms with Gasteiger partial charge < -0.3 is 20.1 Å². The number of methoxy groups -OCH3 is 1. The lowest BCUT2D eigenvalue weighted by Crippen LogP contribution is -2.39. The Morgan fingerprint density at radius 3 is 2.21 bits per heavy atom. The average Bonchev–Trinajstić information content (AvgIpc) is 2.72. The molecule has 0 radical (unpaired) electrons. The van der Waals surface area contributed by atoms with Crippen LogP contribution < -0.4 is 15.4 Å². The topological polar surface area (TPSA) is 93.7 Å². The summed E-state index contributed by atoms with van der Waals surface area (Å²) in [6.07, 6.45) is -1.05. The van der Waals surface area contributed by atoms with E-state index < -0.39 is 23.9 Å². The fraction of sp³-hybridized carbons (Fsp3) is 0.286. The molecule has 0 aliphatic heterocycles. The Balaban J connectivity index is 1.78. The first-order chi connectivity index (χ1) is 13.8. The zero-order chi connectivity index (χ0) is 21.4. The highest BCUT2D eigenvalue weighted by atomic mass is 19.1. The molecule has 8 heteroatoms. The monoisotopic (exact) mass is 402 g/mol. The Bertz CT molecular complexity index is 852. The summed E-state index contributed by atoms with van der Waals surface area (Å²) in [5.74, 6) is -1.46. The number of carbonyl (C=O) groups excluding carboxylic acids is 3. The van der Waals surface area contributed by atoms with Gasteiger partial charge in [-0.1, -0.05) is 12.1 Å². The molecule has 2 amide bonds. The SMILES string of the molecule is COc1ccc(C(=O)NCC(=O)O[C@H](C)C(=O)N[C@@H](C)c2ccc(F)cc2)cc1. The second-order valence-electron chi connectivity index (χ2n) is 6.33. The summed E-state index contributed by atoms with van der Waals surface area (Å²) in [6, 6.07) is 11.7. The van der Waals surface area contributed by atoms with E-state index >= 15 is 0 Å². The Morgan fingerprint density at radius 1 is 1.00 bits per heavy atom. The molecule has 2 N–H and O–H groups in total. The molecule has 0 heterocycles. The number of amides is 2. The highest BCUT2D eigenvalue weighted by Crippen LogP contribution is 2.13. The molecule has 0 bridgehead atoms. The molecule has 0 aromatic heterocycles. The maximum absolute atomic E-state index is 13.0. The van der Waals surface area contributed by atoms with Crippen LogP contribution in [0.15, 0.2) is 48.5 Å². The number of ether oxygens (including phenoxy) is 2. The number of nitrogens with one attached hydrogen (secondary N) is 2. The molecule has 2 aromatic carbocycles. The summed E-state index contributed by atoms with van der Waals surface area (Å²) < 4.78 is 23.0. The highest BCUT2D eigenvalue weighted by molar-refractivity contribution is 5.96. The lowest BCUT2D eigenvalue weighted by atomic mass is 10.1. The van der Waals surface area contributed by atoms with E-state index in [1.165, 1.54) is 26.2 Å². The molecule has 154 valence electrons. The molecule has 2 atom stereocenters. The van der Waals surface area contributed by atoms with Gasteiger partial charge in [0.05, 0.1) is 13.2 Å². The van der Waals surface area contributed by atoms with Gasteiger partial charge in [-0.05, 0) is 55.8 Å². The van der Waals surface area contributed by atoms with Gasteiger partial charge in [0.15, 0.2) is 6.10 Å². The van der Waals surface area contributed by atoms with Crippen LogP contribution >= 0.6 is 0 Å². The van der Waals surface area contributed by atoms with Crippen molar-refractivity contribution in [3.8, 4) is 5.75 Å². The molecule has 0 unspecified atom stereocenters. The van der Waals surface area contributed by atoms with Crippen molar-refractivity contribution in [3.05, 3.63) is 65.5 Å². The third kappa shape index (κ3) is 6.60. The van der Waals surface area contributed by atoms with E-state index in [9.17, 15) is 18.8 Å². The smallest absolute Gasteiger partial charge is 0.326 e. The first-order valence-corrected chi connectivity index (χ1v) is 8.97. The molecule has 0 saturated heterocycles. The Morgan fingerprint density at radius 2 is 1.62 bits per heavy atom. The molecule has 29 heavy (non-hydrogen) atoms. The van der Waals surface area contributed by atoms with Crippen molar-refractivity contribution in [2.24, 2.45) is 0 Å². The van der Waals surface area contributed by atoms with Crippen molar-refractivity contribution in [2.45, 2.75) is 26.0 Å². The number of halogens is 1. The van der Waals surface area contributed by atoms with Gasteiger partial charge in [0.2, 0.25) is 0 Å². The number of esters is 1. The van der Waals surface area contributed by atoms with E-state index in [4.69, 9.17) is 9.47 Å². The molecule has 7 nitrogen and oxygen atoms in total. The molecule has 0 saturated carbocycles. The fourth-order valence-electron chi connectivity index (χ4n) is 2.45. The van der Waals surface area contributed by atoms with E-state index in [0.29, 0.717) is 16.9 Å². The molecule has 0 spiro atoms. The Labute approximate surface area is 168 Å². The molecule has 0 aliphatic rings. The Hall–Kier alpha value is -3.42. The van der Waals surface area contributed by atoms with Gasteiger partial charge in [0, 0.05) is 5.56 Å². The second kappa shape index (κ2) is 10.2. The first-order valence-electron chi connectivity index (χ1n) is 8.97. The van der Waals surface area contributed by atoms with Crippen LogP contribution in [0.1, 0.15) is 35.8 Å². The van der Waals surface area contributed by atoms with E-state index in [1.807, 2.05) is 0 Å². The third-order valence-electron chi connectivity index (χ3n) is 4.15. The summed E-state index contributed by atoms with van der Waals surface area (Å²) in [5, 5.41) is 5.12. The van der Waals surface area contributed by atoms with E-state index in [1.54, 1.807) is 43.3 Å². The maximum atomic E-state index is 13.0. The normalized spacial score (nSPS) is 12.4. The molecular weight excluding hydrogens is 379 g/mol. The quantitative estimate of drug-likeness (QED) is 0.662. The molecule has 0 aliphatic carbocycles. The van der Waals surface area contributed by atoms with Crippen molar-refractivity contribution < 1.29 is 28.2 Å². The second-order valence-corrected chi connectivity index (χ2v) is 6.33. The van der Waals surface area contributed by atoms with Gasteiger partial charge in [-0.15, -0.1) is 0 Å². The zero-order valence-corrected chi connectivity index (χ0v) is 16.4. The van der Waals surface area contributed by atoms with E-state index in [-0.39, 0.29) is 18.4 Å². The zero-order valence-electron chi connectivity index (χ0n) is 16.4. The van der Waals surface area contributed by atoms with Crippen LogP contribution in [0, 0.1) is 5.82 Å². The molecule has 0 fully saturated rings. The van der Waals surface area contributed by atoms with Gasteiger partial charge in [-0.25, -0.2) is 4.39 Å². The van der Waals surface area contributed by atoms with Gasteiger partial charge in [0.1, 0.15) is 18.1 Å². The standard InChI is InChI=1S/C21H23FN2O5/c1-13(15-4-8-17(22)9-5-15)24-20(26)14(2)29-19(25)12-23-21(27)16-6-10-18(28-3)11-7-16/h4-11,13-14H,12H2,1-3H3,(H,23,27)(H,24,26)/t13-,14+/m0/s1. The van der Waals surface area contributed by atoms with Crippen LogP contribution in [0.25, 0.3) is 0 Å². The van der Waals surface area contributed by atoms with Crippen LogP contribution in [0.3, 0.4) is 0 Å². The Kier molecular flexibility index (Phi) is 7.70. The lowest BCUT2D eigenvalue weighted by molar-refractivity contribution is -0.154. The van der Waals surface area contributed by atoms with Crippen LogP contribution in [0.4, 0.5) is 4.39 Å². The summed E-state index contributed by atoms with van der Waals surface area (Å²) in [5.41, 5.74) is 1.07. The minimum absolute atomic E-state index is 0.359. The average molecular weight is 402 g/mol. The van der Waals surface area contributed by atoms with Crippen molar-refractivity contribution in [1.82, 2.24) is 10.6 Å². The minimum Gasteiger partial charge on any atom is -0.497 e. The van der Waals surface area contributed by atoms with Crippen LogP contribution in [0.2, 0.25) is 0 Å². The lowest BCUT2D eigenvalue weighted by Gasteiger charge is -2.18. The van der Waals surface area contributed by atoms with E-state index in [0.717, 1.165) is 0 Å². The summed E-state index contributed by atoms with van der Waals surface area (Å²) >= 11 is 0. The number of rotatable bonds is 8. The number of carbonyl (C=O) groups is 3. The molecular formula is C21H23FN2O5. The van der Waals surface area contributed by atoms with Gasteiger partial charge >= 0.3 is 5.97 Å². The van der Waals surface area contributed by atoms with E-state index in [2.05, 4.69) is 10.6 Å². The summed E-state index contributed by atoms with van der Waals surface area (Å²) in [6.45, 7) is 2.78. The number of benzene rings is 2. The van der Waals surface area contributed by atoms with Crippen molar-refractivity contribution >= 4 is 17.8 Å². The highest BCUT2D eigenvalue weighted by Gasteiger charge is 2.20. The predicted octanol–water partition coefficient (Wildman–Crippen LogP) is 2.37. The maximum Gasteiger partial charge on any atom is 0.326 e. The largest absolute Gasteiger partial charge is 0.497 e. The molecule has 2 rings (SSSR count).